The van der Waals surface area contributed by atoms with Crippen LogP contribution >= 0.6 is 0 Å². The highest BCUT2D eigenvalue weighted by atomic mass is 16.4. The van der Waals surface area contributed by atoms with Gasteiger partial charge in [-0.2, -0.15) is 0 Å². The van der Waals surface area contributed by atoms with Crippen molar-refractivity contribution in [1.29, 1.82) is 0 Å². The Morgan fingerprint density at radius 3 is 2.07 bits per heavy atom. The third kappa shape index (κ3) is 1.82. The second-order valence-electron chi connectivity index (χ2n) is 4.81. The number of rotatable bonds is 3. The van der Waals surface area contributed by atoms with Crippen molar-refractivity contribution in [3.8, 4) is 0 Å². The third-order valence-electron chi connectivity index (χ3n) is 3.44. The molecule has 3 heteroatoms. The number of benzene rings is 1. The first-order valence-electron chi connectivity index (χ1n) is 5.75. The summed E-state index contributed by atoms with van der Waals surface area (Å²) in [5, 5.41) is 18.3. The largest absolute Gasteiger partial charge is 0.488 e. The molecule has 1 aromatic carbocycles. The van der Waals surface area contributed by atoms with Gasteiger partial charge in [-0.1, -0.05) is 18.2 Å². The lowest BCUT2D eigenvalue weighted by Gasteiger charge is -2.10. The van der Waals surface area contributed by atoms with Gasteiger partial charge in [0.1, 0.15) is 0 Å². The monoisotopic (exact) mass is 202 g/mol. The zero-order valence-corrected chi connectivity index (χ0v) is 8.69. The molecule has 0 atom stereocenters. The Labute approximate surface area is 90.1 Å². The van der Waals surface area contributed by atoms with E-state index < -0.39 is 7.12 Å². The maximum Gasteiger partial charge on any atom is 0.488 e. The molecule has 3 rings (SSSR count). The van der Waals surface area contributed by atoms with E-state index in [1.807, 2.05) is 12.1 Å². The van der Waals surface area contributed by atoms with E-state index in [1.165, 1.54) is 36.8 Å². The van der Waals surface area contributed by atoms with E-state index in [0.29, 0.717) is 11.4 Å². The molecular weight excluding hydrogens is 187 g/mol. The lowest BCUT2D eigenvalue weighted by Crippen LogP contribution is -2.30. The van der Waals surface area contributed by atoms with Crippen LogP contribution in [-0.2, 0) is 0 Å². The van der Waals surface area contributed by atoms with E-state index in [-0.39, 0.29) is 0 Å². The minimum Gasteiger partial charge on any atom is -0.423 e. The summed E-state index contributed by atoms with van der Waals surface area (Å²) in [4.78, 5) is 0. The Balaban J connectivity index is 2.00. The van der Waals surface area contributed by atoms with Gasteiger partial charge in [0.2, 0.25) is 0 Å². The van der Waals surface area contributed by atoms with Gasteiger partial charge >= 0.3 is 7.12 Å². The summed E-state index contributed by atoms with van der Waals surface area (Å²) >= 11 is 0. The van der Waals surface area contributed by atoms with Gasteiger partial charge in [-0.25, -0.2) is 0 Å². The fourth-order valence-corrected chi connectivity index (χ4v) is 2.27. The predicted octanol–water partition coefficient (Wildman–Crippen LogP) is 1.12. The number of hydrogen-bond donors (Lipinski definition) is 2. The van der Waals surface area contributed by atoms with Crippen LogP contribution in [0.2, 0.25) is 0 Å². The van der Waals surface area contributed by atoms with Crippen molar-refractivity contribution in [2.45, 2.75) is 37.5 Å². The second-order valence-corrected chi connectivity index (χ2v) is 4.81. The van der Waals surface area contributed by atoms with E-state index in [9.17, 15) is 0 Å². The molecule has 0 bridgehead atoms. The van der Waals surface area contributed by atoms with Crippen molar-refractivity contribution in [3.63, 3.8) is 0 Å². The quantitative estimate of drug-likeness (QED) is 0.721. The third-order valence-corrected chi connectivity index (χ3v) is 3.44. The molecule has 0 saturated heterocycles. The van der Waals surface area contributed by atoms with E-state index in [1.54, 1.807) is 0 Å². The van der Waals surface area contributed by atoms with Crippen LogP contribution in [0.4, 0.5) is 0 Å². The summed E-state index contributed by atoms with van der Waals surface area (Å²) in [6.45, 7) is 0. The van der Waals surface area contributed by atoms with Crippen LogP contribution in [-0.4, -0.2) is 17.2 Å². The minimum absolute atomic E-state index is 0.640. The Morgan fingerprint density at radius 2 is 1.53 bits per heavy atom. The molecule has 2 fully saturated rings. The van der Waals surface area contributed by atoms with Gasteiger partial charge in [0, 0.05) is 0 Å². The van der Waals surface area contributed by atoms with Crippen LogP contribution < -0.4 is 5.46 Å². The van der Waals surface area contributed by atoms with E-state index in [0.717, 1.165) is 5.92 Å². The molecule has 0 radical (unpaired) electrons. The molecule has 0 aromatic heterocycles. The van der Waals surface area contributed by atoms with Crippen molar-refractivity contribution in [3.05, 3.63) is 29.3 Å². The minimum atomic E-state index is -1.32. The molecule has 0 unspecified atom stereocenters. The molecule has 2 aliphatic rings. The molecular formula is C12H15BO2. The van der Waals surface area contributed by atoms with Crippen LogP contribution in [0.1, 0.15) is 48.6 Å². The number of hydrogen-bond acceptors (Lipinski definition) is 2. The van der Waals surface area contributed by atoms with Crippen molar-refractivity contribution in [2.24, 2.45) is 0 Å². The first-order valence-corrected chi connectivity index (χ1v) is 5.75. The molecule has 2 saturated carbocycles. The summed E-state index contributed by atoms with van der Waals surface area (Å²) < 4.78 is 0. The molecule has 78 valence electrons. The highest BCUT2D eigenvalue weighted by Gasteiger charge is 2.33. The Bertz CT molecular complexity index is 381. The summed E-state index contributed by atoms with van der Waals surface area (Å²) in [5.41, 5.74) is 3.48. The average Bonchev–Trinajstić information content (AvgIpc) is 3.08. The first-order chi connectivity index (χ1) is 7.25. The highest BCUT2D eigenvalue weighted by Crippen LogP contribution is 2.48. The molecule has 1 aromatic rings. The Hall–Kier alpha value is -0.795. The van der Waals surface area contributed by atoms with E-state index in [2.05, 4.69) is 6.07 Å². The van der Waals surface area contributed by atoms with Crippen LogP contribution in [0.25, 0.3) is 0 Å². The van der Waals surface area contributed by atoms with Gasteiger partial charge < -0.3 is 10.0 Å². The summed E-state index contributed by atoms with van der Waals surface area (Å²) in [6, 6.07) is 5.94. The standard InChI is InChI=1S/C12H15BO2/c14-13(15)10-5-6-11(8-1-2-8)12(7-10)9-3-4-9/h5-9,14-15H,1-4H2. The molecule has 2 aliphatic carbocycles. The average molecular weight is 202 g/mol. The molecule has 0 heterocycles. The van der Waals surface area contributed by atoms with Crippen LogP contribution in [0.5, 0.6) is 0 Å². The van der Waals surface area contributed by atoms with Gasteiger partial charge in [-0.3, -0.25) is 0 Å². The van der Waals surface area contributed by atoms with E-state index >= 15 is 0 Å². The molecule has 2 N–H and O–H groups in total. The lowest BCUT2D eigenvalue weighted by molar-refractivity contribution is 0.425. The van der Waals surface area contributed by atoms with Gasteiger partial charge in [-0.15, -0.1) is 0 Å². The fourth-order valence-electron chi connectivity index (χ4n) is 2.27. The van der Waals surface area contributed by atoms with Crippen LogP contribution in [0.3, 0.4) is 0 Å². The summed E-state index contributed by atoms with van der Waals surface area (Å²) in [5.74, 6) is 1.45. The maximum atomic E-state index is 9.15. The van der Waals surface area contributed by atoms with Gasteiger partial charge in [0.15, 0.2) is 0 Å². The summed E-state index contributed by atoms with van der Waals surface area (Å²) in [6.07, 6.45) is 5.15. The first kappa shape index (κ1) is 9.43. The Kier molecular flexibility index (Phi) is 2.11. The fraction of sp³-hybridized carbons (Fsp3) is 0.500. The van der Waals surface area contributed by atoms with Gasteiger partial charge in [0.05, 0.1) is 0 Å². The van der Waals surface area contributed by atoms with Crippen molar-refractivity contribution >= 4 is 12.6 Å². The van der Waals surface area contributed by atoms with E-state index in [4.69, 9.17) is 10.0 Å². The molecule has 0 amide bonds. The molecule has 2 nitrogen and oxygen atoms in total. The van der Waals surface area contributed by atoms with Crippen LogP contribution in [0, 0.1) is 0 Å². The Morgan fingerprint density at radius 1 is 0.933 bits per heavy atom. The summed E-state index contributed by atoms with van der Waals surface area (Å²) in [7, 11) is -1.32. The molecule has 0 aliphatic heterocycles. The second kappa shape index (κ2) is 3.36. The van der Waals surface area contributed by atoms with Crippen molar-refractivity contribution < 1.29 is 10.0 Å². The zero-order chi connectivity index (χ0) is 10.4. The maximum absolute atomic E-state index is 9.15. The van der Waals surface area contributed by atoms with Crippen molar-refractivity contribution in [1.82, 2.24) is 0 Å². The molecule has 0 spiro atoms. The van der Waals surface area contributed by atoms with Gasteiger partial charge in [-0.05, 0) is 54.1 Å². The predicted molar refractivity (Wildman–Crippen MR) is 60.2 cm³/mol. The van der Waals surface area contributed by atoms with Crippen LogP contribution in [0.15, 0.2) is 18.2 Å². The topological polar surface area (TPSA) is 40.5 Å². The lowest BCUT2D eigenvalue weighted by atomic mass is 9.78. The smallest absolute Gasteiger partial charge is 0.423 e. The zero-order valence-electron chi connectivity index (χ0n) is 8.69. The highest BCUT2D eigenvalue weighted by molar-refractivity contribution is 6.58. The van der Waals surface area contributed by atoms with Gasteiger partial charge in [0.25, 0.3) is 0 Å². The SMILES string of the molecule is OB(O)c1ccc(C2CC2)c(C2CC2)c1. The molecule has 15 heavy (non-hydrogen) atoms. The normalized spacial score (nSPS) is 20.4. The van der Waals surface area contributed by atoms with Crippen molar-refractivity contribution in [2.75, 3.05) is 0 Å².